The first kappa shape index (κ1) is 14.3. The van der Waals surface area contributed by atoms with Crippen LogP contribution in [0.4, 0.5) is 11.5 Å². The fourth-order valence-electron chi connectivity index (χ4n) is 1.63. The number of nitrogens with one attached hydrogen (secondary N) is 1. The number of carbonyl (C=O) groups excluding carboxylic acids is 1. The summed E-state index contributed by atoms with van der Waals surface area (Å²) in [4.78, 5) is 21.0. The number of aromatic nitrogens is 2. The third-order valence-corrected chi connectivity index (χ3v) is 3.52. The highest BCUT2D eigenvalue weighted by molar-refractivity contribution is 8.00. The molecule has 20 heavy (non-hydrogen) atoms. The largest absolute Gasteiger partial charge is 0.382 e. The number of para-hydroxylation sites is 1. The predicted molar refractivity (Wildman–Crippen MR) is 81.8 cm³/mol. The van der Waals surface area contributed by atoms with E-state index >= 15 is 0 Å². The summed E-state index contributed by atoms with van der Waals surface area (Å²) < 4.78 is 0. The van der Waals surface area contributed by atoms with E-state index in [1.165, 1.54) is 12.4 Å². The van der Waals surface area contributed by atoms with Crippen LogP contribution in [-0.4, -0.2) is 21.1 Å². The van der Waals surface area contributed by atoms with Gasteiger partial charge in [0.05, 0.1) is 5.69 Å². The molecular formula is C14H16N4OS. The highest BCUT2D eigenvalue weighted by Gasteiger charge is 2.14. The zero-order valence-corrected chi connectivity index (χ0v) is 12.1. The van der Waals surface area contributed by atoms with Crippen molar-refractivity contribution in [1.29, 1.82) is 0 Å². The molecule has 104 valence electrons. The van der Waals surface area contributed by atoms with Gasteiger partial charge in [-0.05, 0) is 12.1 Å². The van der Waals surface area contributed by atoms with Crippen molar-refractivity contribution in [2.45, 2.75) is 24.0 Å². The van der Waals surface area contributed by atoms with Crippen LogP contribution in [0.3, 0.4) is 0 Å². The molecule has 0 aliphatic rings. The van der Waals surface area contributed by atoms with Gasteiger partial charge in [-0.1, -0.05) is 26.0 Å². The van der Waals surface area contributed by atoms with Gasteiger partial charge in [0.2, 0.25) is 0 Å². The highest BCUT2D eigenvalue weighted by atomic mass is 32.2. The second kappa shape index (κ2) is 6.38. The molecule has 0 saturated heterocycles. The number of amides is 1. The Hall–Kier alpha value is -2.08. The smallest absolute Gasteiger partial charge is 0.278 e. The Morgan fingerprint density at radius 1 is 1.25 bits per heavy atom. The predicted octanol–water partition coefficient (Wildman–Crippen LogP) is 2.81. The normalized spacial score (nSPS) is 10.6. The van der Waals surface area contributed by atoms with E-state index in [0.29, 0.717) is 5.25 Å². The summed E-state index contributed by atoms with van der Waals surface area (Å²) in [5.74, 6) is -0.230. The maximum atomic E-state index is 12.2. The molecule has 3 N–H and O–H groups in total. The molecule has 0 bridgehead atoms. The summed E-state index contributed by atoms with van der Waals surface area (Å²) >= 11 is 1.68. The van der Waals surface area contributed by atoms with Gasteiger partial charge < -0.3 is 11.1 Å². The van der Waals surface area contributed by atoms with E-state index in [0.717, 1.165) is 10.6 Å². The molecule has 1 heterocycles. The zero-order valence-electron chi connectivity index (χ0n) is 11.3. The van der Waals surface area contributed by atoms with Crippen LogP contribution in [0.2, 0.25) is 0 Å². The average Bonchev–Trinajstić information content (AvgIpc) is 2.41. The van der Waals surface area contributed by atoms with Gasteiger partial charge in [-0.25, -0.2) is 9.97 Å². The number of hydrogen-bond donors (Lipinski definition) is 2. The van der Waals surface area contributed by atoms with Crippen molar-refractivity contribution in [3.8, 4) is 0 Å². The highest BCUT2D eigenvalue weighted by Crippen LogP contribution is 2.30. The summed E-state index contributed by atoms with van der Waals surface area (Å²) in [6, 6.07) is 7.65. The molecule has 0 fully saturated rings. The molecule has 0 spiro atoms. The Morgan fingerprint density at radius 3 is 2.65 bits per heavy atom. The molecule has 0 unspecified atom stereocenters. The number of rotatable bonds is 4. The molecule has 0 saturated carbocycles. The van der Waals surface area contributed by atoms with E-state index in [2.05, 4.69) is 29.1 Å². The number of carbonyl (C=O) groups is 1. The lowest BCUT2D eigenvalue weighted by Crippen LogP contribution is -2.17. The minimum atomic E-state index is -0.354. The third kappa shape index (κ3) is 3.48. The van der Waals surface area contributed by atoms with E-state index in [1.807, 2.05) is 24.3 Å². The van der Waals surface area contributed by atoms with E-state index in [9.17, 15) is 4.79 Å². The molecule has 2 aromatic rings. The molecule has 2 rings (SSSR count). The van der Waals surface area contributed by atoms with E-state index in [4.69, 9.17) is 5.73 Å². The van der Waals surface area contributed by atoms with Gasteiger partial charge in [0.15, 0.2) is 11.5 Å². The SMILES string of the molecule is CC(C)Sc1ccccc1NC(=O)c1nccnc1N. The lowest BCUT2D eigenvalue weighted by atomic mass is 10.3. The minimum Gasteiger partial charge on any atom is -0.382 e. The van der Waals surface area contributed by atoms with Crippen LogP contribution < -0.4 is 11.1 Å². The maximum absolute atomic E-state index is 12.2. The fraction of sp³-hybridized carbons (Fsp3) is 0.214. The summed E-state index contributed by atoms with van der Waals surface area (Å²) in [5, 5.41) is 3.26. The van der Waals surface area contributed by atoms with Gasteiger partial charge in [-0.15, -0.1) is 11.8 Å². The van der Waals surface area contributed by atoms with Gasteiger partial charge in [-0.2, -0.15) is 0 Å². The Balaban J connectivity index is 2.22. The topological polar surface area (TPSA) is 80.9 Å². The van der Waals surface area contributed by atoms with E-state index < -0.39 is 0 Å². The van der Waals surface area contributed by atoms with Crippen LogP contribution in [0.5, 0.6) is 0 Å². The second-order valence-electron chi connectivity index (χ2n) is 4.41. The zero-order chi connectivity index (χ0) is 14.5. The van der Waals surface area contributed by atoms with E-state index in [1.54, 1.807) is 11.8 Å². The van der Waals surface area contributed by atoms with Crippen molar-refractivity contribution < 1.29 is 4.79 Å². The molecule has 1 aromatic carbocycles. The summed E-state index contributed by atoms with van der Waals surface area (Å²) in [7, 11) is 0. The van der Waals surface area contributed by atoms with Crippen LogP contribution >= 0.6 is 11.8 Å². The lowest BCUT2D eigenvalue weighted by Gasteiger charge is -2.12. The number of nitrogen functional groups attached to an aromatic ring is 1. The van der Waals surface area contributed by atoms with Crippen molar-refractivity contribution in [1.82, 2.24) is 9.97 Å². The molecule has 6 heteroatoms. The monoisotopic (exact) mass is 288 g/mol. The van der Waals surface area contributed by atoms with Gasteiger partial charge in [0, 0.05) is 22.5 Å². The minimum absolute atomic E-state index is 0.124. The van der Waals surface area contributed by atoms with Crippen molar-refractivity contribution in [3.63, 3.8) is 0 Å². The third-order valence-electron chi connectivity index (χ3n) is 2.44. The number of thioether (sulfide) groups is 1. The fourth-order valence-corrected chi connectivity index (χ4v) is 2.54. The van der Waals surface area contributed by atoms with Crippen LogP contribution in [0.25, 0.3) is 0 Å². The Kier molecular flexibility index (Phi) is 4.57. The number of nitrogens with two attached hydrogens (primary N) is 1. The molecular weight excluding hydrogens is 272 g/mol. The standard InChI is InChI=1S/C14H16N4OS/c1-9(2)20-11-6-4-3-5-10(11)18-14(19)12-13(15)17-8-7-16-12/h3-9H,1-2H3,(H2,15,17)(H,18,19). The second-order valence-corrected chi connectivity index (χ2v) is 6.03. The number of benzene rings is 1. The Bertz CT molecular complexity index is 616. The number of nitrogens with zero attached hydrogens (tertiary/aromatic N) is 2. The van der Waals surface area contributed by atoms with Crippen LogP contribution in [0.1, 0.15) is 24.3 Å². The van der Waals surface area contributed by atoms with E-state index in [-0.39, 0.29) is 17.4 Å². The molecule has 0 aliphatic carbocycles. The van der Waals surface area contributed by atoms with Crippen LogP contribution in [0, 0.1) is 0 Å². The lowest BCUT2D eigenvalue weighted by molar-refractivity contribution is 0.102. The maximum Gasteiger partial charge on any atom is 0.278 e. The molecule has 1 amide bonds. The van der Waals surface area contributed by atoms with Gasteiger partial charge >= 0.3 is 0 Å². The summed E-state index contributed by atoms with van der Waals surface area (Å²) in [6.07, 6.45) is 2.90. The molecule has 5 nitrogen and oxygen atoms in total. The molecule has 1 aromatic heterocycles. The Morgan fingerprint density at radius 2 is 1.95 bits per heavy atom. The molecule has 0 atom stereocenters. The Labute approximate surface area is 122 Å². The van der Waals surface area contributed by atoms with Crippen molar-refractivity contribution in [2.75, 3.05) is 11.1 Å². The van der Waals surface area contributed by atoms with Crippen molar-refractivity contribution in [2.24, 2.45) is 0 Å². The quantitative estimate of drug-likeness (QED) is 0.845. The first-order chi connectivity index (χ1) is 9.58. The summed E-state index contributed by atoms with van der Waals surface area (Å²) in [5.41, 5.74) is 6.54. The van der Waals surface area contributed by atoms with Gasteiger partial charge in [-0.3, -0.25) is 4.79 Å². The average molecular weight is 288 g/mol. The number of anilines is 2. The van der Waals surface area contributed by atoms with Crippen molar-refractivity contribution >= 4 is 29.2 Å². The van der Waals surface area contributed by atoms with Crippen molar-refractivity contribution in [3.05, 3.63) is 42.4 Å². The van der Waals surface area contributed by atoms with Gasteiger partial charge in [0.1, 0.15) is 0 Å². The molecule has 0 aliphatic heterocycles. The molecule has 0 radical (unpaired) electrons. The van der Waals surface area contributed by atoms with Crippen LogP contribution in [-0.2, 0) is 0 Å². The summed E-state index contributed by atoms with van der Waals surface area (Å²) in [6.45, 7) is 4.20. The first-order valence-electron chi connectivity index (χ1n) is 6.21. The first-order valence-corrected chi connectivity index (χ1v) is 7.09. The van der Waals surface area contributed by atoms with Gasteiger partial charge in [0.25, 0.3) is 5.91 Å². The number of hydrogen-bond acceptors (Lipinski definition) is 5. The van der Waals surface area contributed by atoms with Crippen LogP contribution in [0.15, 0.2) is 41.6 Å².